The van der Waals surface area contributed by atoms with Crippen LogP contribution in [0, 0.1) is 6.92 Å². The van der Waals surface area contributed by atoms with Crippen LogP contribution in [0.5, 0.6) is 5.75 Å². The third kappa shape index (κ3) is 4.35. The molecule has 0 aromatic heterocycles. The zero-order chi connectivity index (χ0) is 15.5. The molecule has 1 aliphatic rings. The Hall–Kier alpha value is -1.76. The average molecular weight is 312 g/mol. The zero-order valence-corrected chi connectivity index (χ0v) is 13.0. The van der Waals surface area contributed by atoms with Gasteiger partial charge < -0.3 is 15.4 Å². The second-order valence-corrected chi connectivity index (χ2v) is 7.34. The molecule has 0 radical (unpaired) electrons. The summed E-state index contributed by atoms with van der Waals surface area (Å²) in [5.41, 5.74) is 1.56. The number of hydrogen-bond acceptors (Lipinski definition) is 4. The molecule has 1 aromatic carbocycles. The van der Waals surface area contributed by atoms with Gasteiger partial charge in [0.05, 0.1) is 18.1 Å². The quantitative estimate of drug-likeness (QED) is 0.886. The topological polar surface area (TPSA) is 84.5 Å². The molecule has 1 aliphatic heterocycles. The molecule has 116 valence electrons. The highest BCUT2D eigenvalue weighted by molar-refractivity contribution is 7.91. The number of hydrogen-bond donors (Lipinski definition) is 2. The van der Waals surface area contributed by atoms with Crippen molar-refractivity contribution in [3.05, 3.63) is 23.8 Å². The molecule has 7 heteroatoms. The van der Waals surface area contributed by atoms with Gasteiger partial charge >= 0.3 is 6.03 Å². The number of aryl methyl sites for hydroxylation is 1. The first-order valence-electron chi connectivity index (χ1n) is 6.91. The van der Waals surface area contributed by atoms with E-state index in [1.165, 1.54) is 0 Å². The number of nitrogens with one attached hydrogen (secondary N) is 2. The normalized spacial score (nSPS) is 20.0. The number of rotatable bonds is 4. The number of benzene rings is 1. The summed E-state index contributed by atoms with van der Waals surface area (Å²) in [6.07, 6.45) is 0.470. The Morgan fingerprint density at radius 1 is 1.43 bits per heavy atom. The molecule has 6 nitrogen and oxygen atoms in total. The van der Waals surface area contributed by atoms with E-state index in [0.717, 1.165) is 11.3 Å². The van der Waals surface area contributed by atoms with E-state index in [4.69, 9.17) is 4.74 Å². The molecule has 2 amide bonds. The summed E-state index contributed by atoms with van der Waals surface area (Å²) in [5.74, 6) is 0.908. The highest BCUT2D eigenvalue weighted by atomic mass is 32.2. The molecule has 0 aliphatic carbocycles. The molecule has 0 unspecified atom stereocenters. The lowest BCUT2D eigenvalue weighted by Gasteiger charge is -2.14. The van der Waals surface area contributed by atoms with Crippen molar-refractivity contribution in [1.29, 1.82) is 0 Å². The average Bonchev–Trinajstić information content (AvgIpc) is 2.72. The SMILES string of the molecule is CCOc1ccc(NC(=O)N[C@@H]2CCS(=O)(=O)C2)c(C)c1. The standard InChI is InChI=1S/C14H20N2O4S/c1-3-20-12-4-5-13(10(2)8-12)16-14(17)15-11-6-7-21(18,19)9-11/h4-5,8,11H,3,6-7,9H2,1-2H3,(H2,15,16,17)/t11-/m1/s1. The molecular formula is C14H20N2O4S. The lowest BCUT2D eigenvalue weighted by molar-refractivity contribution is 0.249. The van der Waals surface area contributed by atoms with Gasteiger partial charge in [0.2, 0.25) is 0 Å². The van der Waals surface area contributed by atoms with E-state index in [0.29, 0.717) is 18.7 Å². The van der Waals surface area contributed by atoms with Gasteiger partial charge in [-0.3, -0.25) is 0 Å². The van der Waals surface area contributed by atoms with Gasteiger partial charge in [-0.1, -0.05) is 0 Å². The van der Waals surface area contributed by atoms with E-state index in [1.807, 2.05) is 19.9 Å². The van der Waals surface area contributed by atoms with Crippen molar-refractivity contribution >= 4 is 21.6 Å². The minimum atomic E-state index is -2.99. The first-order chi connectivity index (χ1) is 9.89. The molecule has 0 spiro atoms. The fourth-order valence-electron chi connectivity index (χ4n) is 2.29. The van der Waals surface area contributed by atoms with Crippen LogP contribution < -0.4 is 15.4 Å². The summed E-state index contributed by atoms with van der Waals surface area (Å²) < 4.78 is 28.1. The Bertz CT molecular complexity index is 628. The summed E-state index contributed by atoms with van der Waals surface area (Å²) in [6, 6.07) is 4.71. The van der Waals surface area contributed by atoms with E-state index < -0.39 is 9.84 Å². The molecule has 21 heavy (non-hydrogen) atoms. The van der Waals surface area contributed by atoms with E-state index in [2.05, 4.69) is 10.6 Å². The number of ether oxygens (including phenoxy) is 1. The highest BCUT2D eigenvalue weighted by Crippen LogP contribution is 2.21. The minimum absolute atomic E-state index is 0.0165. The van der Waals surface area contributed by atoms with Crippen LogP contribution in [0.2, 0.25) is 0 Å². The second kappa shape index (κ2) is 6.34. The number of anilines is 1. The zero-order valence-electron chi connectivity index (χ0n) is 12.2. The van der Waals surface area contributed by atoms with Gasteiger partial charge in [-0.05, 0) is 44.0 Å². The molecule has 1 aromatic rings. The van der Waals surface area contributed by atoms with Gasteiger partial charge in [-0.25, -0.2) is 13.2 Å². The van der Waals surface area contributed by atoms with Crippen LogP contribution in [0.15, 0.2) is 18.2 Å². The molecule has 1 saturated heterocycles. The molecule has 2 rings (SSSR count). The smallest absolute Gasteiger partial charge is 0.319 e. The highest BCUT2D eigenvalue weighted by Gasteiger charge is 2.28. The lowest BCUT2D eigenvalue weighted by Crippen LogP contribution is -2.38. The Morgan fingerprint density at radius 3 is 2.76 bits per heavy atom. The van der Waals surface area contributed by atoms with Crippen LogP contribution >= 0.6 is 0 Å². The predicted molar refractivity (Wildman–Crippen MR) is 81.6 cm³/mol. The van der Waals surface area contributed by atoms with Gasteiger partial charge in [0.15, 0.2) is 9.84 Å². The van der Waals surface area contributed by atoms with Crippen molar-refractivity contribution < 1.29 is 17.9 Å². The van der Waals surface area contributed by atoms with Crippen molar-refractivity contribution in [2.45, 2.75) is 26.3 Å². The Morgan fingerprint density at radius 2 is 2.19 bits per heavy atom. The van der Waals surface area contributed by atoms with E-state index in [-0.39, 0.29) is 23.6 Å². The molecule has 0 bridgehead atoms. The van der Waals surface area contributed by atoms with Gasteiger partial charge in [0.1, 0.15) is 5.75 Å². The van der Waals surface area contributed by atoms with Gasteiger partial charge in [0, 0.05) is 11.7 Å². The van der Waals surface area contributed by atoms with Gasteiger partial charge in [-0.15, -0.1) is 0 Å². The lowest BCUT2D eigenvalue weighted by atomic mass is 10.2. The van der Waals surface area contributed by atoms with E-state index in [9.17, 15) is 13.2 Å². The van der Waals surface area contributed by atoms with Crippen molar-refractivity contribution in [2.24, 2.45) is 0 Å². The van der Waals surface area contributed by atoms with Gasteiger partial charge in [0.25, 0.3) is 0 Å². The summed E-state index contributed by atoms with van der Waals surface area (Å²) in [5, 5.41) is 5.42. The number of urea groups is 1. The Balaban J connectivity index is 1.94. The van der Waals surface area contributed by atoms with Crippen LogP contribution in [0.25, 0.3) is 0 Å². The molecular weight excluding hydrogens is 292 g/mol. The fraction of sp³-hybridized carbons (Fsp3) is 0.500. The minimum Gasteiger partial charge on any atom is -0.494 e. The van der Waals surface area contributed by atoms with Crippen LogP contribution in [-0.4, -0.2) is 38.6 Å². The third-order valence-electron chi connectivity index (χ3n) is 3.32. The maximum absolute atomic E-state index is 11.9. The fourth-order valence-corrected chi connectivity index (χ4v) is 3.96. The van der Waals surface area contributed by atoms with Gasteiger partial charge in [-0.2, -0.15) is 0 Å². The van der Waals surface area contributed by atoms with Crippen molar-refractivity contribution in [2.75, 3.05) is 23.4 Å². The van der Waals surface area contributed by atoms with Crippen LogP contribution in [0.3, 0.4) is 0 Å². The summed E-state index contributed by atoms with van der Waals surface area (Å²) in [4.78, 5) is 11.9. The first-order valence-corrected chi connectivity index (χ1v) is 8.73. The molecule has 1 heterocycles. The monoisotopic (exact) mass is 312 g/mol. The number of carbonyl (C=O) groups is 1. The van der Waals surface area contributed by atoms with Crippen LogP contribution in [0.1, 0.15) is 18.9 Å². The van der Waals surface area contributed by atoms with Crippen molar-refractivity contribution in [3.8, 4) is 5.75 Å². The van der Waals surface area contributed by atoms with Crippen LogP contribution in [0.4, 0.5) is 10.5 Å². The summed E-state index contributed by atoms with van der Waals surface area (Å²) in [7, 11) is -2.99. The van der Waals surface area contributed by atoms with Crippen molar-refractivity contribution in [1.82, 2.24) is 5.32 Å². The van der Waals surface area contributed by atoms with Crippen LogP contribution in [-0.2, 0) is 9.84 Å². The third-order valence-corrected chi connectivity index (χ3v) is 5.09. The van der Waals surface area contributed by atoms with E-state index >= 15 is 0 Å². The molecule has 0 saturated carbocycles. The predicted octanol–water partition coefficient (Wildman–Crippen LogP) is 1.70. The van der Waals surface area contributed by atoms with Crippen molar-refractivity contribution in [3.63, 3.8) is 0 Å². The molecule has 1 fully saturated rings. The first kappa shape index (κ1) is 15.6. The van der Waals surface area contributed by atoms with E-state index in [1.54, 1.807) is 12.1 Å². The summed E-state index contributed by atoms with van der Waals surface area (Å²) in [6.45, 7) is 4.37. The largest absolute Gasteiger partial charge is 0.494 e. The number of carbonyl (C=O) groups excluding carboxylic acids is 1. The Kier molecular flexibility index (Phi) is 4.72. The number of amides is 2. The Labute approximate surface area is 124 Å². The maximum atomic E-state index is 11.9. The second-order valence-electron chi connectivity index (χ2n) is 5.11. The summed E-state index contributed by atoms with van der Waals surface area (Å²) >= 11 is 0. The molecule has 2 N–H and O–H groups in total. The molecule has 1 atom stereocenters. The maximum Gasteiger partial charge on any atom is 0.319 e. The number of sulfone groups is 1.